The Labute approximate surface area is 168 Å². The van der Waals surface area contributed by atoms with Gasteiger partial charge in [0.2, 0.25) is 0 Å². The number of hydrogen-bond acceptors (Lipinski definition) is 5. The average molecular weight is 385 g/mol. The predicted octanol–water partition coefficient (Wildman–Crippen LogP) is 3.63. The third kappa shape index (κ3) is 2.77. The lowest BCUT2D eigenvalue weighted by Crippen LogP contribution is -2.40. The van der Waals surface area contributed by atoms with Crippen LogP contribution in [-0.2, 0) is 5.54 Å². The highest BCUT2D eigenvalue weighted by atomic mass is 16.5. The van der Waals surface area contributed by atoms with E-state index in [1.807, 2.05) is 30.3 Å². The van der Waals surface area contributed by atoms with E-state index in [-0.39, 0.29) is 5.54 Å². The fourth-order valence-corrected chi connectivity index (χ4v) is 4.09. The topological polar surface area (TPSA) is 71.9 Å². The van der Waals surface area contributed by atoms with Crippen LogP contribution < -0.4 is 9.64 Å². The molecule has 1 unspecified atom stereocenters. The molecule has 1 fully saturated rings. The van der Waals surface area contributed by atoms with Gasteiger partial charge in [-0.2, -0.15) is 10.2 Å². The Hall–Kier alpha value is -3.61. The molecular weight excluding hydrogens is 364 g/mol. The van der Waals surface area contributed by atoms with Crippen LogP contribution in [0.3, 0.4) is 0 Å². The maximum atomic E-state index is 5.35. The van der Waals surface area contributed by atoms with Crippen molar-refractivity contribution in [2.45, 2.75) is 18.9 Å². The molecule has 1 aliphatic rings. The van der Waals surface area contributed by atoms with Crippen molar-refractivity contribution in [1.29, 1.82) is 0 Å². The van der Waals surface area contributed by atoms with Crippen LogP contribution in [0.25, 0.3) is 16.7 Å². The van der Waals surface area contributed by atoms with Gasteiger partial charge in [-0.1, -0.05) is 24.3 Å². The third-order valence-corrected chi connectivity index (χ3v) is 5.49. The number of aromatic amines is 1. The molecule has 1 aliphatic heterocycles. The molecule has 7 nitrogen and oxygen atoms in total. The van der Waals surface area contributed by atoms with Crippen molar-refractivity contribution < 1.29 is 4.74 Å². The van der Waals surface area contributed by atoms with Gasteiger partial charge in [-0.3, -0.25) is 0 Å². The maximum absolute atomic E-state index is 5.35. The van der Waals surface area contributed by atoms with E-state index < -0.39 is 0 Å². The number of methoxy groups -OCH3 is 1. The van der Waals surface area contributed by atoms with Crippen molar-refractivity contribution in [3.05, 3.63) is 72.8 Å². The molecule has 1 N–H and O–H groups in total. The van der Waals surface area contributed by atoms with E-state index in [4.69, 9.17) is 9.72 Å². The molecule has 145 valence electrons. The second-order valence-corrected chi connectivity index (χ2v) is 7.48. The van der Waals surface area contributed by atoms with Crippen molar-refractivity contribution in [3.8, 4) is 11.4 Å². The second kappa shape index (κ2) is 6.48. The van der Waals surface area contributed by atoms with E-state index in [0.717, 1.165) is 52.5 Å². The highest BCUT2D eigenvalue weighted by molar-refractivity contribution is 5.77. The Balaban J connectivity index is 1.64. The first-order valence-electron chi connectivity index (χ1n) is 9.44. The van der Waals surface area contributed by atoms with E-state index in [9.17, 15) is 0 Å². The van der Waals surface area contributed by atoms with Gasteiger partial charge in [0.1, 0.15) is 17.3 Å². The summed E-state index contributed by atoms with van der Waals surface area (Å²) in [4.78, 5) is 12.3. The minimum atomic E-state index is -0.388. The number of ether oxygens (including phenoxy) is 1. The number of H-pyrrole nitrogens is 1. The molecule has 3 heterocycles. The lowest BCUT2D eigenvalue weighted by molar-refractivity contribution is 0.415. The zero-order valence-corrected chi connectivity index (χ0v) is 16.4. The lowest BCUT2D eigenvalue weighted by atomic mass is 9.96. The molecule has 1 radical (unpaired) electrons. The zero-order valence-electron chi connectivity index (χ0n) is 16.4. The molecule has 0 aliphatic carbocycles. The normalized spacial score (nSPS) is 19.2. The van der Waals surface area contributed by atoms with Gasteiger partial charge in [-0.15, -0.1) is 4.80 Å². The first kappa shape index (κ1) is 17.5. The number of imidazole rings is 1. The summed E-state index contributed by atoms with van der Waals surface area (Å²) >= 11 is 0. The molecule has 1 atom stereocenters. The molecule has 0 spiro atoms. The summed E-state index contributed by atoms with van der Waals surface area (Å²) in [7, 11) is 1.66. The first-order valence-corrected chi connectivity index (χ1v) is 9.44. The van der Waals surface area contributed by atoms with Crippen LogP contribution in [0.2, 0.25) is 0 Å². The minimum absolute atomic E-state index is 0.388. The largest absolute Gasteiger partial charge is 0.497 e. The maximum Gasteiger partial charge on any atom is 0.133 e. The van der Waals surface area contributed by atoms with Crippen molar-refractivity contribution >= 4 is 16.7 Å². The molecule has 7 heteroatoms. The SMILES string of the molecule is C=C1CN(c2ccc[c]c2-n2nccn2)C(C)(c2nc3cc(OC)ccc3[nH]2)C1. The smallest absolute Gasteiger partial charge is 0.133 e. The zero-order chi connectivity index (χ0) is 20.0. The molecule has 0 saturated carbocycles. The summed E-state index contributed by atoms with van der Waals surface area (Å²) in [6, 6.07) is 15.1. The van der Waals surface area contributed by atoms with Crippen LogP contribution >= 0.6 is 0 Å². The summed E-state index contributed by atoms with van der Waals surface area (Å²) in [5.74, 6) is 1.68. The molecule has 29 heavy (non-hydrogen) atoms. The third-order valence-electron chi connectivity index (χ3n) is 5.49. The summed E-state index contributed by atoms with van der Waals surface area (Å²) in [6.45, 7) is 7.19. The number of nitrogens with zero attached hydrogens (tertiary/aromatic N) is 5. The minimum Gasteiger partial charge on any atom is -0.497 e. The summed E-state index contributed by atoms with van der Waals surface area (Å²) in [5, 5.41) is 8.60. The molecule has 2 aromatic carbocycles. The average Bonchev–Trinajstić information content (AvgIpc) is 3.46. The van der Waals surface area contributed by atoms with Crippen molar-refractivity contribution in [2.24, 2.45) is 0 Å². The van der Waals surface area contributed by atoms with Crippen molar-refractivity contribution in [3.63, 3.8) is 0 Å². The monoisotopic (exact) mass is 385 g/mol. The standard InChI is InChI=1S/C22H21N6O/c1-15-13-22(2,21-25-17-9-8-16(29-3)12-18(17)26-21)27(14-15)19-6-4-5-7-20(19)28-23-10-11-24-28/h4-6,8-12H,1,13-14H2,2-3H3,(H,25,26). The highest BCUT2D eigenvalue weighted by Gasteiger charge is 2.43. The number of anilines is 1. The molecule has 0 bridgehead atoms. The molecule has 1 saturated heterocycles. The Bertz CT molecular complexity index is 1200. The Morgan fingerprint density at radius 2 is 2.07 bits per heavy atom. The van der Waals surface area contributed by atoms with Crippen molar-refractivity contribution in [1.82, 2.24) is 25.0 Å². The van der Waals surface area contributed by atoms with E-state index in [1.165, 1.54) is 0 Å². The number of rotatable bonds is 4. The Morgan fingerprint density at radius 3 is 2.86 bits per heavy atom. The van der Waals surface area contributed by atoms with E-state index in [0.29, 0.717) is 0 Å². The highest BCUT2D eigenvalue weighted by Crippen LogP contribution is 2.44. The fraction of sp³-hybridized carbons (Fsp3) is 0.227. The van der Waals surface area contributed by atoms with Crippen LogP contribution in [0, 0.1) is 6.07 Å². The first-order chi connectivity index (χ1) is 14.1. The van der Waals surface area contributed by atoms with Crippen LogP contribution in [0.5, 0.6) is 5.75 Å². The molecule has 0 amide bonds. The van der Waals surface area contributed by atoms with E-state index in [2.05, 4.69) is 45.7 Å². The van der Waals surface area contributed by atoms with Crippen LogP contribution in [-0.4, -0.2) is 38.6 Å². The molecular formula is C22H21N6O. The van der Waals surface area contributed by atoms with Gasteiger partial charge in [0.15, 0.2) is 0 Å². The summed E-state index contributed by atoms with van der Waals surface area (Å²) < 4.78 is 5.35. The number of nitrogens with one attached hydrogen (secondary N) is 1. The Morgan fingerprint density at radius 1 is 1.24 bits per heavy atom. The number of para-hydroxylation sites is 1. The Kier molecular flexibility index (Phi) is 3.91. The van der Waals surface area contributed by atoms with E-state index in [1.54, 1.807) is 24.3 Å². The number of benzene rings is 2. The molecule has 2 aromatic heterocycles. The van der Waals surface area contributed by atoms with Gasteiger partial charge in [0.25, 0.3) is 0 Å². The van der Waals surface area contributed by atoms with Gasteiger partial charge in [-0.25, -0.2) is 4.98 Å². The van der Waals surface area contributed by atoms with Gasteiger partial charge >= 0.3 is 0 Å². The fourth-order valence-electron chi connectivity index (χ4n) is 4.09. The second-order valence-electron chi connectivity index (χ2n) is 7.48. The number of aromatic nitrogens is 5. The number of hydrogen-bond donors (Lipinski definition) is 1. The molecule has 5 rings (SSSR count). The van der Waals surface area contributed by atoms with Gasteiger partial charge in [0, 0.05) is 18.7 Å². The van der Waals surface area contributed by atoms with Gasteiger partial charge in [-0.05, 0) is 31.5 Å². The predicted molar refractivity (Wildman–Crippen MR) is 111 cm³/mol. The van der Waals surface area contributed by atoms with Gasteiger partial charge in [0.05, 0.1) is 41.8 Å². The van der Waals surface area contributed by atoms with Gasteiger partial charge < -0.3 is 14.6 Å². The molecule has 4 aromatic rings. The summed E-state index contributed by atoms with van der Waals surface area (Å²) in [6.07, 6.45) is 4.13. The van der Waals surface area contributed by atoms with E-state index >= 15 is 0 Å². The number of fused-ring (bicyclic) bond motifs is 1. The van der Waals surface area contributed by atoms with Crippen molar-refractivity contribution in [2.75, 3.05) is 18.6 Å². The summed E-state index contributed by atoms with van der Waals surface area (Å²) in [5.41, 5.74) is 4.41. The van der Waals surface area contributed by atoms with Crippen LogP contribution in [0.15, 0.2) is 60.9 Å². The van der Waals surface area contributed by atoms with Crippen LogP contribution in [0.1, 0.15) is 19.2 Å². The quantitative estimate of drug-likeness (QED) is 0.543. The van der Waals surface area contributed by atoms with Crippen LogP contribution in [0.4, 0.5) is 5.69 Å². The lowest BCUT2D eigenvalue weighted by Gasteiger charge is -2.35.